The minimum Gasteiger partial charge on any atom is -0.462 e. The van der Waals surface area contributed by atoms with Crippen molar-refractivity contribution in [1.82, 2.24) is 0 Å². The van der Waals surface area contributed by atoms with Crippen LogP contribution in [0.1, 0.15) is 27.8 Å². The highest BCUT2D eigenvalue weighted by Crippen LogP contribution is 2.18. The summed E-state index contributed by atoms with van der Waals surface area (Å²) in [5, 5.41) is 0. The Balaban J connectivity index is 2.04. The van der Waals surface area contributed by atoms with E-state index in [4.69, 9.17) is 13.9 Å². The Morgan fingerprint density at radius 2 is 1.80 bits per heavy atom. The van der Waals surface area contributed by atoms with E-state index in [1.54, 1.807) is 13.0 Å². The number of ether oxygens (including phenoxy) is 2. The second-order valence-electron chi connectivity index (χ2n) is 3.74. The lowest BCUT2D eigenvalue weighted by Crippen LogP contribution is -2.08. The molecule has 0 saturated heterocycles. The fraction of sp³-hybridized carbons (Fsp3) is 0.143. The monoisotopic (exact) mass is 338 g/mol. The fourth-order valence-corrected chi connectivity index (χ4v) is 1.76. The van der Waals surface area contributed by atoms with E-state index in [0.717, 1.165) is 0 Å². The van der Waals surface area contributed by atoms with E-state index in [0.29, 0.717) is 22.6 Å². The molecule has 20 heavy (non-hydrogen) atoms. The Labute approximate surface area is 123 Å². The average Bonchev–Trinajstić information content (AvgIpc) is 2.86. The molecule has 1 heterocycles. The van der Waals surface area contributed by atoms with E-state index >= 15 is 0 Å². The van der Waals surface area contributed by atoms with Crippen LogP contribution in [0.2, 0.25) is 0 Å². The minimum atomic E-state index is -0.611. The third-order valence-electron chi connectivity index (χ3n) is 2.35. The third-order valence-corrected chi connectivity index (χ3v) is 2.78. The van der Waals surface area contributed by atoms with Gasteiger partial charge in [-0.15, -0.1) is 0 Å². The number of halogens is 1. The summed E-state index contributed by atoms with van der Waals surface area (Å²) < 4.78 is 15.5. The van der Waals surface area contributed by atoms with Gasteiger partial charge in [0.25, 0.3) is 0 Å². The van der Waals surface area contributed by atoms with E-state index in [9.17, 15) is 9.59 Å². The first-order valence-electron chi connectivity index (χ1n) is 5.85. The van der Waals surface area contributed by atoms with Gasteiger partial charge in [-0.1, -0.05) is 0 Å². The molecular weight excluding hydrogens is 328 g/mol. The summed E-state index contributed by atoms with van der Waals surface area (Å²) in [5.41, 5.74) is 0.396. The van der Waals surface area contributed by atoms with Crippen molar-refractivity contribution in [3.63, 3.8) is 0 Å². The van der Waals surface area contributed by atoms with Crippen LogP contribution < -0.4 is 4.74 Å². The van der Waals surface area contributed by atoms with Crippen LogP contribution in [0.15, 0.2) is 45.5 Å². The average molecular weight is 339 g/mol. The summed E-state index contributed by atoms with van der Waals surface area (Å²) in [7, 11) is 0. The zero-order valence-corrected chi connectivity index (χ0v) is 12.2. The summed E-state index contributed by atoms with van der Waals surface area (Å²) in [4.78, 5) is 23.2. The van der Waals surface area contributed by atoms with Crippen LogP contribution in [0.3, 0.4) is 0 Å². The normalized spacial score (nSPS) is 10.1. The van der Waals surface area contributed by atoms with E-state index in [2.05, 4.69) is 15.9 Å². The molecule has 2 aromatic rings. The number of rotatable bonds is 4. The molecule has 0 fully saturated rings. The highest BCUT2D eigenvalue weighted by Gasteiger charge is 2.13. The van der Waals surface area contributed by atoms with Crippen LogP contribution in [0.4, 0.5) is 0 Å². The van der Waals surface area contributed by atoms with Gasteiger partial charge < -0.3 is 13.9 Å². The quantitative estimate of drug-likeness (QED) is 0.631. The lowest BCUT2D eigenvalue weighted by Gasteiger charge is -2.04. The Bertz CT molecular complexity index is 615. The zero-order chi connectivity index (χ0) is 14.5. The number of hydrogen-bond donors (Lipinski definition) is 0. The molecule has 0 spiro atoms. The molecular formula is C14H11BrO5. The van der Waals surface area contributed by atoms with E-state index in [1.807, 2.05) is 0 Å². The van der Waals surface area contributed by atoms with Crippen molar-refractivity contribution in [2.75, 3.05) is 6.61 Å². The maximum absolute atomic E-state index is 11.7. The molecule has 0 unspecified atom stereocenters. The summed E-state index contributed by atoms with van der Waals surface area (Å²) in [6, 6.07) is 9.18. The van der Waals surface area contributed by atoms with Crippen molar-refractivity contribution in [3.8, 4) is 5.75 Å². The smallest absolute Gasteiger partial charge is 0.379 e. The van der Waals surface area contributed by atoms with Crippen LogP contribution in [-0.2, 0) is 4.74 Å². The van der Waals surface area contributed by atoms with Crippen molar-refractivity contribution in [1.29, 1.82) is 0 Å². The standard InChI is InChI=1S/C14H11BrO5/c1-2-18-13(16)9-3-5-10(6-4-9)19-14(17)11-7-8-12(15)20-11/h3-8H,2H2,1H3. The molecule has 1 aromatic carbocycles. The summed E-state index contributed by atoms with van der Waals surface area (Å²) >= 11 is 3.10. The molecule has 0 bridgehead atoms. The molecule has 5 nitrogen and oxygen atoms in total. The molecule has 6 heteroatoms. The van der Waals surface area contributed by atoms with Crippen molar-refractivity contribution < 1.29 is 23.5 Å². The summed E-state index contributed by atoms with van der Waals surface area (Å²) in [5.74, 6) is -0.623. The molecule has 104 valence electrons. The zero-order valence-electron chi connectivity index (χ0n) is 10.6. The molecule has 0 aliphatic carbocycles. The van der Waals surface area contributed by atoms with Gasteiger partial charge in [-0.05, 0) is 59.3 Å². The van der Waals surface area contributed by atoms with Crippen LogP contribution in [0.5, 0.6) is 5.75 Å². The fourth-order valence-electron chi connectivity index (χ4n) is 1.45. The number of hydrogen-bond acceptors (Lipinski definition) is 5. The number of esters is 2. The van der Waals surface area contributed by atoms with Gasteiger partial charge in [-0.25, -0.2) is 9.59 Å². The Kier molecular flexibility index (Phi) is 4.57. The summed E-state index contributed by atoms with van der Waals surface area (Å²) in [6.07, 6.45) is 0. The largest absolute Gasteiger partial charge is 0.462 e. The Hall–Kier alpha value is -2.08. The highest BCUT2D eigenvalue weighted by molar-refractivity contribution is 9.10. The predicted octanol–water partition coefficient (Wildman–Crippen LogP) is 3.44. The van der Waals surface area contributed by atoms with Crippen molar-refractivity contribution in [3.05, 3.63) is 52.4 Å². The Morgan fingerprint density at radius 3 is 2.35 bits per heavy atom. The maximum atomic E-state index is 11.7. The molecule has 1 aromatic heterocycles. The van der Waals surface area contributed by atoms with Gasteiger partial charge >= 0.3 is 11.9 Å². The number of carbonyl (C=O) groups excluding carboxylic acids is 2. The maximum Gasteiger partial charge on any atom is 0.379 e. The van der Waals surface area contributed by atoms with Gasteiger partial charge in [-0.2, -0.15) is 0 Å². The number of carbonyl (C=O) groups is 2. The SMILES string of the molecule is CCOC(=O)c1ccc(OC(=O)c2ccc(Br)o2)cc1. The van der Waals surface area contributed by atoms with Crippen LogP contribution in [-0.4, -0.2) is 18.5 Å². The third kappa shape index (κ3) is 3.48. The number of furan rings is 1. The van der Waals surface area contributed by atoms with Gasteiger partial charge in [0.2, 0.25) is 5.76 Å². The molecule has 0 N–H and O–H groups in total. The van der Waals surface area contributed by atoms with Crippen LogP contribution in [0, 0.1) is 0 Å². The first-order valence-corrected chi connectivity index (χ1v) is 6.64. The van der Waals surface area contributed by atoms with Crippen LogP contribution in [0.25, 0.3) is 0 Å². The highest BCUT2D eigenvalue weighted by atomic mass is 79.9. The van der Waals surface area contributed by atoms with E-state index in [-0.39, 0.29) is 5.76 Å². The molecule has 0 atom stereocenters. The first kappa shape index (κ1) is 14.3. The second kappa shape index (κ2) is 6.38. The molecule has 0 saturated carbocycles. The number of benzene rings is 1. The summed E-state index contributed by atoms with van der Waals surface area (Å²) in [6.45, 7) is 2.04. The predicted molar refractivity (Wildman–Crippen MR) is 73.8 cm³/mol. The molecule has 0 amide bonds. The van der Waals surface area contributed by atoms with Crippen molar-refractivity contribution in [2.24, 2.45) is 0 Å². The van der Waals surface area contributed by atoms with Gasteiger partial charge in [0.15, 0.2) is 4.67 Å². The second-order valence-corrected chi connectivity index (χ2v) is 4.52. The molecule has 0 aliphatic rings. The van der Waals surface area contributed by atoms with Gasteiger partial charge in [0.1, 0.15) is 5.75 Å². The van der Waals surface area contributed by atoms with E-state index < -0.39 is 11.9 Å². The topological polar surface area (TPSA) is 65.7 Å². The van der Waals surface area contributed by atoms with E-state index in [1.165, 1.54) is 30.3 Å². The Morgan fingerprint density at radius 1 is 1.10 bits per heavy atom. The first-order chi connectivity index (χ1) is 9.60. The lowest BCUT2D eigenvalue weighted by atomic mass is 10.2. The molecule has 2 rings (SSSR count). The van der Waals surface area contributed by atoms with Gasteiger partial charge in [-0.3, -0.25) is 0 Å². The van der Waals surface area contributed by atoms with Crippen molar-refractivity contribution >= 4 is 27.9 Å². The minimum absolute atomic E-state index is 0.0892. The van der Waals surface area contributed by atoms with Crippen molar-refractivity contribution in [2.45, 2.75) is 6.92 Å². The van der Waals surface area contributed by atoms with Crippen LogP contribution >= 0.6 is 15.9 Å². The van der Waals surface area contributed by atoms with Gasteiger partial charge in [0, 0.05) is 0 Å². The van der Waals surface area contributed by atoms with Gasteiger partial charge in [0.05, 0.1) is 12.2 Å². The molecule has 0 radical (unpaired) electrons. The lowest BCUT2D eigenvalue weighted by molar-refractivity contribution is 0.0526. The molecule has 0 aliphatic heterocycles.